The molecule has 100 valence electrons. The molecule has 1 aromatic rings. The molecule has 0 radical (unpaired) electrons. The zero-order valence-corrected chi connectivity index (χ0v) is 11.0. The van der Waals surface area contributed by atoms with Gasteiger partial charge in [-0.15, -0.1) is 0 Å². The van der Waals surface area contributed by atoms with Gasteiger partial charge < -0.3 is 9.47 Å². The first-order valence-electron chi connectivity index (χ1n) is 5.91. The van der Waals surface area contributed by atoms with Crippen LogP contribution in [0.4, 0.5) is 0 Å². The van der Waals surface area contributed by atoms with Gasteiger partial charge in [-0.25, -0.2) is 0 Å². The van der Waals surface area contributed by atoms with Crippen LogP contribution in [-0.2, 0) is 16.1 Å². The summed E-state index contributed by atoms with van der Waals surface area (Å²) in [5.74, 6) is -0.812. The first-order chi connectivity index (χ1) is 9.22. The van der Waals surface area contributed by atoms with E-state index >= 15 is 0 Å². The lowest BCUT2D eigenvalue weighted by Crippen LogP contribution is -2.17. The van der Waals surface area contributed by atoms with Crippen molar-refractivity contribution in [2.75, 3.05) is 13.7 Å². The Morgan fingerprint density at radius 3 is 2.89 bits per heavy atom. The smallest absolute Gasteiger partial charge is 0.328 e. The Hall–Kier alpha value is -2.35. The number of aliphatic imine (C=N–C) groups is 1. The first-order valence-corrected chi connectivity index (χ1v) is 5.91. The molecule has 0 bridgehead atoms. The summed E-state index contributed by atoms with van der Waals surface area (Å²) in [6.07, 6.45) is 1.31. The fourth-order valence-corrected chi connectivity index (χ4v) is 1.47. The molecule has 1 aromatic carbocycles. The van der Waals surface area contributed by atoms with Crippen LogP contribution in [0.25, 0.3) is 0 Å². The number of ether oxygens (including phenoxy) is 2. The summed E-state index contributed by atoms with van der Waals surface area (Å²) in [7, 11) is 1.58. The molecule has 0 heterocycles. The zero-order chi connectivity index (χ0) is 14.1. The van der Waals surface area contributed by atoms with Crippen LogP contribution in [0.15, 0.2) is 29.3 Å². The van der Waals surface area contributed by atoms with Crippen LogP contribution in [0.3, 0.4) is 0 Å². The van der Waals surface area contributed by atoms with Crippen molar-refractivity contribution in [3.63, 3.8) is 0 Å². The standard InChI is InChI=1S/C14H16N2O3/c1-3-19-14(17)12(8-15)10-16-9-11-6-4-5-7-13(11)18-2/h4-7,10,12H,3,9H2,1-2H3/t12-/m1/s1. The molecule has 0 fully saturated rings. The number of hydrogen-bond acceptors (Lipinski definition) is 5. The topological polar surface area (TPSA) is 71.7 Å². The summed E-state index contributed by atoms with van der Waals surface area (Å²) in [6.45, 7) is 2.29. The van der Waals surface area contributed by atoms with Crippen molar-refractivity contribution < 1.29 is 14.3 Å². The van der Waals surface area contributed by atoms with Crippen molar-refractivity contribution in [3.8, 4) is 11.8 Å². The van der Waals surface area contributed by atoms with Crippen LogP contribution in [0.1, 0.15) is 12.5 Å². The second-order valence-corrected chi connectivity index (χ2v) is 3.66. The Balaban J connectivity index is 2.66. The van der Waals surface area contributed by atoms with Crippen LogP contribution in [-0.4, -0.2) is 25.9 Å². The van der Waals surface area contributed by atoms with Gasteiger partial charge in [-0.3, -0.25) is 9.79 Å². The third-order valence-electron chi connectivity index (χ3n) is 2.39. The number of methoxy groups -OCH3 is 1. The first kappa shape index (κ1) is 14.7. The van der Waals surface area contributed by atoms with Gasteiger partial charge in [0.1, 0.15) is 5.75 Å². The summed E-state index contributed by atoms with van der Waals surface area (Å²) in [6, 6.07) is 9.29. The lowest BCUT2D eigenvalue weighted by Gasteiger charge is -2.06. The molecule has 0 aliphatic carbocycles. The van der Waals surface area contributed by atoms with Crippen LogP contribution in [0.2, 0.25) is 0 Å². The highest BCUT2D eigenvalue weighted by molar-refractivity contribution is 5.92. The molecule has 5 nitrogen and oxygen atoms in total. The number of para-hydroxylation sites is 1. The molecule has 19 heavy (non-hydrogen) atoms. The fraction of sp³-hybridized carbons (Fsp3) is 0.357. The van der Waals surface area contributed by atoms with E-state index in [2.05, 4.69) is 4.99 Å². The van der Waals surface area contributed by atoms with E-state index in [-0.39, 0.29) is 6.61 Å². The van der Waals surface area contributed by atoms with Crippen molar-refractivity contribution in [3.05, 3.63) is 29.8 Å². The highest BCUT2D eigenvalue weighted by atomic mass is 16.5. The minimum atomic E-state index is -0.963. The van der Waals surface area contributed by atoms with E-state index in [1.54, 1.807) is 14.0 Å². The summed E-state index contributed by atoms with van der Waals surface area (Å²) >= 11 is 0. The lowest BCUT2D eigenvalue weighted by molar-refractivity contribution is -0.143. The average Bonchev–Trinajstić information content (AvgIpc) is 2.44. The number of nitriles is 1. The van der Waals surface area contributed by atoms with E-state index in [0.717, 1.165) is 11.3 Å². The maximum absolute atomic E-state index is 11.4. The average molecular weight is 260 g/mol. The maximum atomic E-state index is 11.4. The third kappa shape index (κ3) is 4.43. The summed E-state index contributed by atoms with van der Waals surface area (Å²) < 4.78 is 9.95. The van der Waals surface area contributed by atoms with E-state index in [9.17, 15) is 4.79 Å². The Kier molecular flexibility index (Phi) is 6.10. The van der Waals surface area contributed by atoms with Gasteiger partial charge >= 0.3 is 5.97 Å². The molecule has 1 rings (SSSR count). The van der Waals surface area contributed by atoms with E-state index < -0.39 is 11.9 Å². The summed E-state index contributed by atoms with van der Waals surface area (Å²) in [5, 5.41) is 8.85. The van der Waals surface area contributed by atoms with Crippen LogP contribution >= 0.6 is 0 Å². The molecule has 0 unspecified atom stereocenters. The number of carbonyl (C=O) groups excluding carboxylic acids is 1. The molecule has 0 saturated carbocycles. The van der Waals surface area contributed by atoms with Crippen molar-refractivity contribution >= 4 is 12.2 Å². The third-order valence-corrected chi connectivity index (χ3v) is 2.39. The SMILES string of the molecule is CCOC(=O)[C@H](C#N)C=NCc1ccccc1OC. The van der Waals surface area contributed by atoms with Crippen LogP contribution < -0.4 is 4.74 Å². The lowest BCUT2D eigenvalue weighted by atomic mass is 10.2. The van der Waals surface area contributed by atoms with Gasteiger partial charge in [-0.05, 0) is 13.0 Å². The van der Waals surface area contributed by atoms with Gasteiger partial charge in [-0.2, -0.15) is 5.26 Å². The number of nitrogens with zero attached hydrogens (tertiary/aromatic N) is 2. The van der Waals surface area contributed by atoms with Gasteiger partial charge in [0.05, 0.1) is 26.3 Å². The Morgan fingerprint density at radius 1 is 1.53 bits per heavy atom. The van der Waals surface area contributed by atoms with E-state index in [4.69, 9.17) is 14.7 Å². The predicted molar refractivity (Wildman–Crippen MR) is 70.9 cm³/mol. The molecule has 0 aromatic heterocycles. The van der Waals surface area contributed by atoms with E-state index in [1.807, 2.05) is 30.3 Å². The van der Waals surface area contributed by atoms with Crippen molar-refractivity contribution in [1.29, 1.82) is 5.26 Å². The van der Waals surface area contributed by atoms with Crippen molar-refractivity contribution in [2.45, 2.75) is 13.5 Å². The van der Waals surface area contributed by atoms with Crippen molar-refractivity contribution in [2.24, 2.45) is 10.9 Å². The zero-order valence-electron chi connectivity index (χ0n) is 11.0. The highest BCUT2D eigenvalue weighted by Crippen LogP contribution is 2.17. The van der Waals surface area contributed by atoms with Gasteiger partial charge in [0.2, 0.25) is 0 Å². The number of hydrogen-bond donors (Lipinski definition) is 0. The molecule has 0 aliphatic rings. The van der Waals surface area contributed by atoms with Gasteiger partial charge in [0.25, 0.3) is 0 Å². The molecular weight excluding hydrogens is 244 g/mol. The van der Waals surface area contributed by atoms with E-state index in [1.165, 1.54) is 6.21 Å². The van der Waals surface area contributed by atoms with Gasteiger partial charge in [-0.1, -0.05) is 18.2 Å². The predicted octanol–water partition coefficient (Wildman–Crippen LogP) is 1.97. The summed E-state index contributed by atoms with van der Waals surface area (Å²) in [4.78, 5) is 15.5. The molecule has 0 aliphatic heterocycles. The molecule has 0 saturated heterocycles. The largest absolute Gasteiger partial charge is 0.496 e. The number of benzene rings is 1. The van der Waals surface area contributed by atoms with Gasteiger partial charge in [0.15, 0.2) is 5.92 Å². The molecule has 0 amide bonds. The monoisotopic (exact) mass is 260 g/mol. The second kappa shape index (κ2) is 7.88. The molecule has 5 heteroatoms. The minimum absolute atomic E-state index is 0.247. The second-order valence-electron chi connectivity index (χ2n) is 3.66. The fourth-order valence-electron chi connectivity index (χ4n) is 1.47. The quantitative estimate of drug-likeness (QED) is 0.579. The molecule has 0 spiro atoms. The number of rotatable bonds is 6. The Labute approximate surface area is 112 Å². The molecule has 1 atom stereocenters. The molecular formula is C14H16N2O3. The number of esters is 1. The molecule has 0 N–H and O–H groups in total. The Morgan fingerprint density at radius 2 is 2.26 bits per heavy atom. The minimum Gasteiger partial charge on any atom is -0.496 e. The number of carbonyl (C=O) groups is 1. The van der Waals surface area contributed by atoms with Crippen LogP contribution in [0.5, 0.6) is 5.75 Å². The van der Waals surface area contributed by atoms with E-state index in [0.29, 0.717) is 6.54 Å². The maximum Gasteiger partial charge on any atom is 0.328 e. The van der Waals surface area contributed by atoms with Crippen LogP contribution in [0, 0.1) is 17.2 Å². The Bertz CT molecular complexity index is 492. The normalized spacial score (nSPS) is 11.8. The van der Waals surface area contributed by atoms with Crippen molar-refractivity contribution in [1.82, 2.24) is 0 Å². The van der Waals surface area contributed by atoms with Gasteiger partial charge in [0, 0.05) is 11.8 Å². The summed E-state index contributed by atoms with van der Waals surface area (Å²) in [5.41, 5.74) is 0.891. The highest BCUT2D eigenvalue weighted by Gasteiger charge is 2.16.